The molecule has 16 heavy (non-hydrogen) atoms. The number of likely N-dealkylation sites (tertiary alicyclic amines) is 1. The van der Waals surface area contributed by atoms with Crippen molar-refractivity contribution in [1.29, 1.82) is 0 Å². The van der Waals surface area contributed by atoms with Crippen molar-refractivity contribution in [2.75, 3.05) is 6.54 Å². The highest BCUT2D eigenvalue weighted by Gasteiger charge is 2.33. The first kappa shape index (κ1) is 11.6. The summed E-state index contributed by atoms with van der Waals surface area (Å²) in [5.41, 5.74) is 1.77. The average molecular weight is 218 g/mol. The van der Waals surface area contributed by atoms with Gasteiger partial charge in [-0.1, -0.05) is 20.8 Å². The first-order chi connectivity index (χ1) is 7.57. The third-order valence-electron chi connectivity index (χ3n) is 3.50. The monoisotopic (exact) mass is 218 g/mol. The molecule has 0 unspecified atom stereocenters. The Morgan fingerprint density at radius 2 is 2.00 bits per heavy atom. The lowest BCUT2D eigenvalue weighted by Crippen LogP contribution is -2.38. The van der Waals surface area contributed by atoms with E-state index in [4.69, 9.17) is 0 Å². The van der Waals surface area contributed by atoms with Crippen LogP contribution in [-0.2, 0) is 6.54 Å². The molecule has 0 N–H and O–H groups in total. The van der Waals surface area contributed by atoms with Crippen LogP contribution in [0.3, 0.4) is 0 Å². The van der Waals surface area contributed by atoms with Gasteiger partial charge in [-0.3, -0.25) is 9.88 Å². The fourth-order valence-electron chi connectivity index (χ4n) is 2.72. The van der Waals surface area contributed by atoms with E-state index in [1.54, 1.807) is 0 Å². The SMILES string of the molecule is CC(C)(C)[C@@H]1CCCN1Cc1ccncc1. The van der Waals surface area contributed by atoms with Crippen molar-refractivity contribution in [3.63, 3.8) is 0 Å². The molecule has 1 aliphatic rings. The van der Waals surface area contributed by atoms with E-state index in [0.717, 1.165) is 12.6 Å². The molecule has 88 valence electrons. The van der Waals surface area contributed by atoms with Crippen LogP contribution in [0.1, 0.15) is 39.2 Å². The predicted octanol–water partition coefficient (Wildman–Crippen LogP) is 3.09. The van der Waals surface area contributed by atoms with E-state index in [1.807, 2.05) is 12.4 Å². The third kappa shape index (κ3) is 2.62. The van der Waals surface area contributed by atoms with Crippen LogP contribution in [0.5, 0.6) is 0 Å². The Labute approximate surface area is 98.7 Å². The lowest BCUT2D eigenvalue weighted by atomic mass is 9.85. The highest BCUT2D eigenvalue weighted by molar-refractivity contribution is 5.10. The molecule has 2 heterocycles. The second-order valence-corrected chi connectivity index (χ2v) is 5.85. The molecular formula is C14H22N2. The minimum atomic E-state index is 0.392. The van der Waals surface area contributed by atoms with Gasteiger partial charge in [0.25, 0.3) is 0 Å². The zero-order chi connectivity index (χ0) is 11.6. The van der Waals surface area contributed by atoms with Crippen LogP contribution in [0.4, 0.5) is 0 Å². The van der Waals surface area contributed by atoms with Crippen LogP contribution in [-0.4, -0.2) is 22.5 Å². The molecule has 1 aliphatic heterocycles. The minimum absolute atomic E-state index is 0.392. The summed E-state index contributed by atoms with van der Waals surface area (Å²) >= 11 is 0. The molecule has 2 rings (SSSR count). The van der Waals surface area contributed by atoms with Gasteiger partial charge in [-0.15, -0.1) is 0 Å². The molecule has 0 saturated carbocycles. The van der Waals surface area contributed by atoms with E-state index < -0.39 is 0 Å². The summed E-state index contributed by atoms with van der Waals surface area (Å²) in [6, 6.07) is 4.97. The van der Waals surface area contributed by atoms with E-state index in [-0.39, 0.29) is 0 Å². The Balaban J connectivity index is 2.05. The number of hydrogen-bond acceptors (Lipinski definition) is 2. The largest absolute Gasteiger partial charge is 0.296 e. The van der Waals surface area contributed by atoms with Crippen molar-refractivity contribution >= 4 is 0 Å². The van der Waals surface area contributed by atoms with Gasteiger partial charge in [0.05, 0.1) is 0 Å². The van der Waals surface area contributed by atoms with E-state index >= 15 is 0 Å². The molecule has 2 nitrogen and oxygen atoms in total. The van der Waals surface area contributed by atoms with Crippen molar-refractivity contribution in [1.82, 2.24) is 9.88 Å². The van der Waals surface area contributed by atoms with Gasteiger partial charge in [0.15, 0.2) is 0 Å². The normalized spacial score (nSPS) is 22.6. The summed E-state index contributed by atoms with van der Waals surface area (Å²) < 4.78 is 0. The van der Waals surface area contributed by atoms with E-state index in [2.05, 4.69) is 42.8 Å². The van der Waals surface area contributed by atoms with E-state index in [0.29, 0.717) is 5.41 Å². The zero-order valence-corrected chi connectivity index (χ0v) is 10.6. The number of rotatable bonds is 2. The van der Waals surface area contributed by atoms with Crippen molar-refractivity contribution in [2.24, 2.45) is 5.41 Å². The van der Waals surface area contributed by atoms with Gasteiger partial charge in [0, 0.05) is 25.0 Å². The Morgan fingerprint density at radius 3 is 2.62 bits per heavy atom. The van der Waals surface area contributed by atoms with Gasteiger partial charge in [0.1, 0.15) is 0 Å². The summed E-state index contributed by atoms with van der Waals surface area (Å²) in [7, 11) is 0. The predicted molar refractivity (Wildman–Crippen MR) is 67.1 cm³/mol. The molecule has 1 fully saturated rings. The number of nitrogens with zero attached hydrogens (tertiary/aromatic N) is 2. The van der Waals surface area contributed by atoms with Crippen LogP contribution in [0.15, 0.2) is 24.5 Å². The number of aromatic nitrogens is 1. The zero-order valence-electron chi connectivity index (χ0n) is 10.6. The fraction of sp³-hybridized carbons (Fsp3) is 0.643. The molecule has 0 radical (unpaired) electrons. The molecule has 2 heteroatoms. The lowest BCUT2D eigenvalue weighted by Gasteiger charge is -2.35. The van der Waals surface area contributed by atoms with Crippen LogP contribution in [0, 0.1) is 5.41 Å². The smallest absolute Gasteiger partial charge is 0.0271 e. The number of hydrogen-bond donors (Lipinski definition) is 0. The standard InChI is InChI=1S/C14H22N2/c1-14(2,3)13-5-4-10-16(13)11-12-6-8-15-9-7-12/h6-9,13H,4-5,10-11H2,1-3H3/t13-/m0/s1. The Hall–Kier alpha value is -0.890. The van der Waals surface area contributed by atoms with Gasteiger partial charge in [0.2, 0.25) is 0 Å². The summed E-state index contributed by atoms with van der Waals surface area (Å²) in [5.74, 6) is 0. The maximum absolute atomic E-state index is 4.07. The topological polar surface area (TPSA) is 16.1 Å². The molecular weight excluding hydrogens is 196 g/mol. The summed E-state index contributed by atoms with van der Waals surface area (Å²) in [4.78, 5) is 6.69. The van der Waals surface area contributed by atoms with Gasteiger partial charge < -0.3 is 0 Å². The molecule has 0 aromatic carbocycles. The highest BCUT2D eigenvalue weighted by Crippen LogP contribution is 2.33. The summed E-state index contributed by atoms with van der Waals surface area (Å²) in [6.45, 7) is 9.36. The minimum Gasteiger partial charge on any atom is -0.296 e. The lowest BCUT2D eigenvalue weighted by molar-refractivity contribution is 0.134. The summed E-state index contributed by atoms with van der Waals surface area (Å²) in [5, 5.41) is 0. The molecule has 0 aliphatic carbocycles. The van der Waals surface area contributed by atoms with Crippen LogP contribution < -0.4 is 0 Å². The molecule has 1 saturated heterocycles. The van der Waals surface area contributed by atoms with Gasteiger partial charge in [-0.05, 0) is 42.5 Å². The van der Waals surface area contributed by atoms with Crippen LogP contribution in [0.25, 0.3) is 0 Å². The fourth-order valence-corrected chi connectivity index (χ4v) is 2.72. The highest BCUT2D eigenvalue weighted by atomic mass is 15.2. The number of pyridine rings is 1. The molecule has 0 amide bonds. The van der Waals surface area contributed by atoms with Crippen molar-refractivity contribution < 1.29 is 0 Å². The van der Waals surface area contributed by atoms with E-state index in [1.165, 1.54) is 24.9 Å². The third-order valence-corrected chi connectivity index (χ3v) is 3.50. The maximum atomic E-state index is 4.07. The Morgan fingerprint density at radius 1 is 1.31 bits per heavy atom. The second-order valence-electron chi connectivity index (χ2n) is 5.85. The van der Waals surface area contributed by atoms with Gasteiger partial charge >= 0.3 is 0 Å². The second kappa shape index (κ2) is 4.54. The Bertz CT molecular complexity index is 326. The summed E-state index contributed by atoms with van der Waals surface area (Å²) in [6.07, 6.45) is 6.45. The van der Waals surface area contributed by atoms with Crippen molar-refractivity contribution in [3.05, 3.63) is 30.1 Å². The molecule has 1 atom stereocenters. The average Bonchev–Trinajstić information content (AvgIpc) is 2.67. The van der Waals surface area contributed by atoms with Crippen molar-refractivity contribution in [2.45, 2.75) is 46.2 Å². The molecule has 0 spiro atoms. The van der Waals surface area contributed by atoms with E-state index in [9.17, 15) is 0 Å². The first-order valence-electron chi connectivity index (χ1n) is 6.20. The van der Waals surface area contributed by atoms with Gasteiger partial charge in [-0.25, -0.2) is 0 Å². The van der Waals surface area contributed by atoms with Crippen LogP contribution >= 0.6 is 0 Å². The Kier molecular flexibility index (Phi) is 3.29. The van der Waals surface area contributed by atoms with Crippen molar-refractivity contribution in [3.8, 4) is 0 Å². The molecule has 1 aromatic heterocycles. The quantitative estimate of drug-likeness (QED) is 0.758. The maximum Gasteiger partial charge on any atom is 0.0271 e. The van der Waals surface area contributed by atoms with Crippen LogP contribution in [0.2, 0.25) is 0 Å². The first-order valence-corrected chi connectivity index (χ1v) is 6.20. The molecule has 1 aromatic rings. The molecule has 0 bridgehead atoms. The van der Waals surface area contributed by atoms with Gasteiger partial charge in [-0.2, -0.15) is 0 Å².